The van der Waals surface area contributed by atoms with Crippen molar-refractivity contribution in [3.63, 3.8) is 0 Å². The molecule has 1 aliphatic carbocycles. The van der Waals surface area contributed by atoms with Gasteiger partial charge in [-0.05, 0) is 12.8 Å². The predicted octanol–water partition coefficient (Wildman–Crippen LogP) is 3.96. The molecule has 2 aromatic rings. The first-order chi connectivity index (χ1) is 12.4. The van der Waals surface area contributed by atoms with Crippen molar-refractivity contribution in [3.8, 4) is 0 Å². The lowest BCUT2D eigenvalue weighted by Gasteiger charge is -2.29. The van der Waals surface area contributed by atoms with E-state index in [0.717, 1.165) is 17.1 Å². The lowest BCUT2D eigenvalue weighted by Crippen LogP contribution is -2.27. The minimum atomic E-state index is -0.0829. The number of nitrogens with one attached hydrogen (secondary N) is 2. The zero-order valence-electron chi connectivity index (χ0n) is 16.2. The Morgan fingerprint density at radius 2 is 1.92 bits per heavy atom. The third-order valence-corrected chi connectivity index (χ3v) is 5.88. The summed E-state index contributed by atoms with van der Waals surface area (Å²) in [4.78, 5) is 12.4. The molecule has 0 aromatic carbocycles. The summed E-state index contributed by atoms with van der Waals surface area (Å²) in [7, 11) is 1.91. The molecule has 1 aliphatic heterocycles. The summed E-state index contributed by atoms with van der Waals surface area (Å²) in [6.07, 6.45) is 8.70. The maximum Gasteiger partial charge on any atom is 0.226 e. The van der Waals surface area contributed by atoms with Crippen LogP contribution in [0.25, 0.3) is 0 Å². The van der Waals surface area contributed by atoms with E-state index in [9.17, 15) is 4.79 Å². The maximum absolute atomic E-state index is 12.4. The molecule has 1 fully saturated rings. The van der Waals surface area contributed by atoms with E-state index < -0.39 is 0 Å². The molecule has 6 nitrogen and oxygen atoms in total. The molecule has 26 heavy (non-hydrogen) atoms. The van der Waals surface area contributed by atoms with Crippen molar-refractivity contribution in [2.24, 2.45) is 7.05 Å². The summed E-state index contributed by atoms with van der Waals surface area (Å²) in [5, 5.41) is 15.5. The third kappa shape index (κ3) is 2.85. The van der Waals surface area contributed by atoms with E-state index in [1.54, 1.807) is 0 Å². The Bertz CT molecular complexity index is 820. The largest absolute Gasteiger partial charge is 0.311 e. The number of rotatable bonds is 2. The van der Waals surface area contributed by atoms with Crippen molar-refractivity contribution in [3.05, 3.63) is 28.7 Å². The second-order valence-electron chi connectivity index (χ2n) is 8.86. The van der Waals surface area contributed by atoms with Gasteiger partial charge in [0.05, 0.1) is 11.9 Å². The van der Waals surface area contributed by atoms with Crippen molar-refractivity contribution >= 4 is 11.7 Å². The maximum atomic E-state index is 12.4. The van der Waals surface area contributed by atoms with Crippen molar-refractivity contribution in [2.45, 2.75) is 76.5 Å². The fourth-order valence-corrected chi connectivity index (χ4v) is 4.61. The average molecular weight is 355 g/mol. The Balaban J connectivity index is 1.83. The normalized spacial score (nSPS) is 21.5. The van der Waals surface area contributed by atoms with Crippen molar-refractivity contribution in [1.29, 1.82) is 0 Å². The van der Waals surface area contributed by atoms with Gasteiger partial charge in [-0.15, -0.1) is 0 Å². The number of hydrogen-bond donors (Lipinski definition) is 2. The van der Waals surface area contributed by atoms with Gasteiger partial charge < -0.3 is 5.32 Å². The number of carbonyl (C=O) groups excluding carboxylic acids is 1. The van der Waals surface area contributed by atoms with Gasteiger partial charge in [0.1, 0.15) is 5.82 Å². The number of amides is 1. The highest BCUT2D eigenvalue weighted by Crippen LogP contribution is 2.45. The van der Waals surface area contributed by atoms with Crippen molar-refractivity contribution < 1.29 is 4.79 Å². The minimum absolute atomic E-state index is 0.0253. The summed E-state index contributed by atoms with van der Waals surface area (Å²) in [5.74, 6) is 1.45. The number of aromatic amines is 1. The van der Waals surface area contributed by atoms with Crippen LogP contribution in [0, 0.1) is 0 Å². The summed E-state index contributed by atoms with van der Waals surface area (Å²) in [5.41, 5.74) is 4.57. The van der Waals surface area contributed by atoms with E-state index in [-0.39, 0.29) is 17.2 Å². The molecular weight excluding hydrogens is 326 g/mol. The van der Waals surface area contributed by atoms with E-state index in [2.05, 4.69) is 36.3 Å². The first-order valence-electron chi connectivity index (χ1n) is 9.76. The number of aryl methyl sites for hydroxylation is 1. The van der Waals surface area contributed by atoms with Crippen LogP contribution in [0.3, 0.4) is 0 Å². The van der Waals surface area contributed by atoms with Crippen LogP contribution in [0.5, 0.6) is 0 Å². The molecular formula is C20H29N5O. The van der Waals surface area contributed by atoms with Gasteiger partial charge in [0, 0.05) is 47.5 Å². The van der Waals surface area contributed by atoms with Crippen LogP contribution in [-0.4, -0.2) is 25.9 Å². The van der Waals surface area contributed by atoms with Crippen molar-refractivity contribution in [1.82, 2.24) is 20.0 Å². The number of fused-ring (bicyclic) bond motifs is 1. The quantitative estimate of drug-likeness (QED) is 0.856. The van der Waals surface area contributed by atoms with E-state index >= 15 is 0 Å². The van der Waals surface area contributed by atoms with Crippen LogP contribution in [-0.2, 0) is 17.3 Å². The molecule has 0 spiro atoms. The Morgan fingerprint density at radius 1 is 1.19 bits per heavy atom. The van der Waals surface area contributed by atoms with E-state index in [1.807, 2.05) is 17.9 Å². The summed E-state index contributed by atoms with van der Waals surface area (Å²) < 4.78 is 1.82. The molecule has 3 heterocycles. The lowest BCUT2D eigenvalue weighted by molar-refractivity contribution is -0.116. The van der Waals surface area contributed by atoms with Gasteiger partial charge in [0.15, 0.2) is 0 Å². The van der Waals surface area contributed by atoms with Gasteiger partial charge in [-0.1, -0.05) is 40.0 Å². The number of nitrogens with zero attached hydrogens (tertiary/aromatic N) is 3. The molecule has 140 valence electrons. The Kier molecular flexibility index (Phi) is 4.16. The Hall–Kier alpha value is -2.11. The highest BCUT2D eigenvalue weighted by atomic mass is 16.1. The van der Waals surface area contributed by atoms with Gasteiger partial charge in [-0.2, -0.15) is 10.2 Å². The van der Waals surface area contributed by atoms with Crippen molar-refractivity contribution in [2.75, 3.05) is 5.32 Å². The van der Waals surface area contributed by atoms with Gasteiger partial charge in [0.25, 0.3) is 0 Å². The monoisotopic (exact) mass is 355 g/mol. The zero-order valence-corrected chi connectivity index (χ0v) is 16.2. The van der Waals surface area contributed by atoms with E-state index in [0.29, 0.717) is 12.3 Å². The van der Waals surface area contributed by atoms with Crippen LogP contribution >= 0.6 is 0 Å². The fourth-order valence-electron chi connectivity index (χ4n) is 4.61. The van der Waals surface area contributed by atoms with Gasteiger partial charge in [-0.25, -0.2) is 0 Å². The molecule has 2 aliphatic rings. The van der Waals surface area contributed by atoms with Crippen LogP contribution < -0.4 is 5.32 Å². The van der Waals surface area contributed by atoms with Crippen LogP contribution in [0.4, 0.5) is 5.82 Å². The molecule has 1 amide bonds. The summed E-state index contributed by atoms with van der Waals surface area (Å²) in [6, 6.07) is 0. The smallest absolute Gasteiger partial charge is 0.226 e. The highest BCUT2D eigenvalue weighted by Gasteiger charge is 2.38. The molecule has 4 rings (SSSR count). The number of aromatic nitrogens is 4. The second-order valence-corrected chi connectivity index (χ2v) is 8.86. The molecule has 0 radical (unpaired) electrons. The number of H-pyrrole nitrogens is 1. The first-order valence-corrected chi connectivity index (χ1v) is 9.76. The number of carbonyl (C=O) groups is 1. The highest BCUT2D eigenvalue weighted by molar-refractivity contribution is 5.94. The van der Waals surface area contributed by atoms with E-state index in [4.69, 9.17) is 5.10 Å². The van der Waals surface area contributed by atoms with Gasteiger partial charge in [-0.3, -0.25) is 14.6 Å². The molecule has 6 heteroatoms. The Labute approximate surface area is 154 Å². The molecule has 0 saturated heterocycles. The standard InChI is InChI=1S/C20H29N5O/c1-20(2,3)18-16-13(10-15(26)22-19(16)25(4)24-18)14-11-21-23-17(14)12-8-6-5-7-9-12/h11-13H,5-10H2,1-4H3,(H,21,23)(H,22,26). The molecule has 1 atom stereocenters. The van der Waals surface area contributed by atoms with Crippen LogP contribution in [0.15, 0.2) is 6.20 Å². The van der Waals surface area contributed by atoms with Gasteiger partial charge in [0.2, 0.25) is 5.91 Å². The first kappa shape index (κ1) is 17.3. The third-order valence-electron chi connectivity index (χ3n) is 5.88. The minimum Gasteiger partial charge on any atom is -0.311 e. The lowest BCUT2D eigenvalue weighted by atomic mass is 9.77. The molecule has 1 unspecified atom stereocenters. The summed E-state index contributed by atoms with van der Waals surface area (Å²) in [6.45, 7) is 6.54. The molecule has 2 aromatic heterocycles. The molecule has 0 bridgehead atoms. The van der Waals surface area contributed by atoms with Crippen LogP contribution in [0.1, 0.15) is 93.6 Å². The predicted molar refractivity (Wildman–Crippen MR) is 101 cm³/mol. The zero-order chi connectivity index (χ0) is 18.5. The van der Waals surface area contributed by atoms with E-state index in [1.165, 1.54) is 43.4 Å². The van der Waals surface area contributed by atoms with Crippen LogP contribution in [0.2, 0.25) is 0 Å². The Morgan fingerprint density at radius 3 is 2.62 bits per heavy atom. The molecule has 1 saturated carbocycles. The summed E-state index contributed by atoms with van der Waals surface area (Å²) >= 11 is 0. The average Bonchev–Trinajstić information content (AvgIpc) is 3.20. The fraction of sp³-hybridized carbons (Fsp3) is 0.650. The van der Waals surface area contributed by atoms with Gasteiger partial charge >= 0.3 is 0 Å². The number of hydrogen-bond acceptors (Lipinski definition) is 3. The topological polar surface area (TPSA) is 75.6 Å². The number of anilines is 1. The second kappa shape index (κ2) is 6.25. The SMILES string of the molecule is Cn1nc(C(C)(C)C)c2c1NC(=O)CC2c1cn[nH]c1C1CCCCC1. The molecule has 2 N–H and O–H groups in total.